The number of fused-ring (bicyclic) bond motifs is 1. The summed E-state index contributed by atoms with van der Waals surface area (Å²) in [7, 11) is 0. The summed E-state index contributed by atoms with van der Waals surface area (Å²) in [5.41, 5.74) is 2.26. The van der Waals surface area contributed by atoms with Crippen molar-refractivity contribution in [3.05, 3.63) is 36.5 Å². The van der Waals surface area contributed by atoms with Gasteiger partial charge in [-0.25, -0.2) is 0 Å². The molecule has 19 heavy (non-hydrogen) atoms. The third-order valence-electron chi connectivity index (χ3n) is 3.54. The molecule has 0 aliphatic carbocycles. The van der Waals surface area contributed by atoms with E-state index in [1.54, 1.807) is 0 Å². The third kappa shape index (κ3) is 3.95. The number of para-hydroxylation sites is 1. The zero-order valence-corrected chi connectivity index (χ0v) is 12.0. The van der Waals surface area contributed by atoms with Gasteiger partial charge in [0.1, 0.15) is 0 Å². The summed E-state index contributed by atoms with van der Waals surface area (Å²) in [4.78, 5) is 4.40. The Hall–Kier alpha value is -1.57. The second kappa shape index (κ2) is 7.13. The molecule has 102 valence electrons. The van der Waals surface area contributed by atoms with Crippen molar-refractivity contribution in [2.45, 2.75) is 52.0 Å². The Morgan fingerprint density at radius 2 is 1.95 bits per heavy atom. The summed E-state index contributed by atoms with van der Waals surface area (Å²) in [5, 5.41) is 4.84. The number of aromatic nitrogens is 1. The minimum absolute atomic E-state index is 0.516. The van der Waals surface area contributed by atoms with E-state index >= 15 is 0 Å². The van der Waals surface area contributed by atoms with E-state index in [0.717, 1.165) is 5.52 Å². The van der Waals surface area contributed by atoms with Crippen LogP contribution < -0.4 is 5.32 Å². The standard InChI is InChI=1S/C17H24N2/c1-3-4-5-6-9-14(2)19-17-12-13-18-16-11-8-7-10-15(16)17/h7-8,10-14H,3-6,9H2,1-2H3,(H,18,19). The molecule has 2 nitrogen and oxygen atoms in total. The molecular weight excluding hydrogens is 232 g/mol. The average Bonchev–Trinajstić information content (AvgIpc) is 2.44. The Morgan fingerprint density at radius 3 is 2.79 bits per heavy atom. The van der Waals surface area contributed by atoms with E-state index in [1.165, 1.54) is 43.2 Å². The fourth-order valence-corrected chi connectivity index (χ4v) is 2.44. The fraction of sp³-hybridized carbons (Fsp3) is 0.471. The molecule has 1 N–H and O–H groups in total. The molecule has 0 saturated carbocycles. The molecule has 1 heterocycles. The molecule has 2 heteroatoms. The molecule has 0 radical (unpaired) electrons. The first-order chi connectivity index (χ1) is 9.31. The molecule has 1 unspecified atom stereocenters. The largest absolute Gasteiger partial charge is 0.382 e. The van der Waals surface area contributed by atoms with Gasteiger partial charge in [-0.15, -0.1) is 0 Å². The van der Waals surface area contributed by atoms with Crippen LogP contribution in [0.15, 0.2) is 36.5 Å². The first-order valence-corrected chi connectivity index (χ1v) is 7.41. The van der Waals surface area contributed by atoms with Crippen LogP contribution in [0.4, 0.5) is 5.69 Å². The Morgan fingerprint density at radius 1 is 1.11 bits per heavy atom. The van der Waals surface area contributed by atoms with Gasteiger partial charge in [0.2, 0.25) is 0 Å². The number of benzene rings is 1. The zero-order chi connectivity index (χ0) is 13.5. The van der Waals surface area contributed by atoms with Crippen molar-refractivity contribution < 1.29 is 0 Å². The first kappa shape index (κ1) is 13.9. The highest BCUT2D eigenvalue weighted by Gasteiger charge is 2.05. The lowest BCUT2D eigenvalue weighted by Crippen LogP contribution is -2.15. The van der Waals surface area contributed by atoms with Crippen LogP contribution in [0.2, 0.25) is 0 Å². The van der Waals surface area contributed by atoms with Crippen LogP contribution in [0.25, 0.3) is 10.9 Å². The number of pyridine rings is 1. The lowest BCUT2D eigenvalue weighted by Gasteiger charge is -2.16. The van der Waals surface area contributed by atoms with Crippen molar-refractivity contribution in [3.8, 4) is 0 Å². The summed E-state index contributed by atoms with van der Waals surface area (Å²) in [6.07, 6.45) is 8.43. The maximum absolute atomic E-state index is 4.40. The normalized spacial score (nSPS) is 12.5. The molecule has 1 aromatic heterocycles. The number of nitrogens with zero attached hydrogens (tertiary/aromatic N) is 1. The van der Waals surface area contributed by atoms with Crippen molar-refractivity contribution in [2.75, 3.05) is 5.32 Å². The molecule has 0 spiro atoms. The number of hydrogen-bond acceptors (Lipinski definition) is 2. The number of rotatable bonds is 7. The molecule has 2 rings (SSSR count). The maximum atomic E-state index is 4.40. The fourth-order valence-electron chi connectivity index (χ4n) is 2.44. The second-order valence-electron chi connectivity index (χ2n) is 5.27. The third-order valence-corrected chi connectivity index (χ3v) is 3.54. The Balaban J connectivity index is 1.97. The van der Waals surface area contributed by atoms with Crippen molar-refractivity contribution >= 4 is 16.6 Å². The predicted octanol–water partition coefficient (Wildman–Crippen LogP) is 5.01. The van der Waals surface area contributed by atoms with Gasteiger partial charge in [-0.05, 0) is 25.5 Å². The lowest BCUT2D eigenvalue weighted by atomic mass is 10.1. The highest BCUT2D eigenvalue weighted by Crippen LogP contribution is 2.22. The summed E-state index contributed by atoms with van der Waals surface area (Å²) in [6, 6.07) is 10.9. The van der Waals surface area contributed by atoms with Crippen LogP contribution in [-0.4, -0.2) is 11.0 Å². The van der Waals surface area contributed by atoms with E-state index < -0.39 is 0 Å². The number of unbranched alkanes of at least 4 members (excludes halogenated alkanes) is 3. The summed E-state index contributed by atoms with van der Waals surface area (Å²) >= 11 is 0. The molecule has 0 aliphatic heterocycles. The molecule has 0 fully saturated rings. The monoisotopic (exact) mass is 256 g/mol. The SMILES string of the molecule is CCCCCCC(C)Nc1ccnc2ccccc12. The van der Waals surface area contributed by atoms with E-state index in [4.69, 9.17) is 0 Å². The Labute approximate surface area is 116 Å². The Bertz CT molecular complexity index is 502. The molecule has 1 atom stereocenters. The minimum Gasteiger partial charge on any atom is -0.382 e. The van der Waals surface area contributed by atoms with Crippen LogP contribution in [0.5, 0.6) is 0 Å². The second-order valence-corrected chi connectivity index (χ2v) is 5.27. The quantitative estimate of drug-likeness (QED) is 0.705. The molecule has 0 aliphatic rings. The Kier molecular flexibility index (Phi) is 5.20. The highest BCUT2D eigenvalue weighted by molar-refractivity contribution is 5.90. The van der Waals surface area contributed by atoms with Gasteiger partial charge in [0.05, 0.1) is 5.52 Å². The van der Waals surface area contributed by atoms with Gasteiger partial charge in [-0.1, -0.05) is 50.8 Å². The average molecular weight is 256 g/mol. The smallest absolute Gasteiger partial charge is 0.0722 e. The summed E-state index contributed by atoms with van der Waals surface area (Å²) in [6.45, 7) is 4.52. The molecular formula is C17H24N2. The lowest BCUT2D eigenvalue weighted by molar-refractivity contribution is 0.594. The van der Waals surface area contributed by atoms with E-state index in [0.29, 0.717) is 6.04 Å². The van der Waals surface area contributed by atoms with Gasteiger partial charge in [-0.3, -0.25) is 4.98 Å². The van der Waals surface area contributed by atoms with E-state index in [1.807, 2.05) is 12.3 Å². The molecule has 0 saturated heterocycles. The van der Waals surface area contributed by atoms with Gasteiger partial charge < -0.3 is 5.32 Å². The van der Waals surface area contributed by atoms with Crippen molar-refractivity contribution in [2.24, 2.45) is 0 Å². The number of hydrogen-bond donors (Lipinski definition) is 1. The van der Waals surface area contributed by atoms with Crippen molar-refractivity contribution in [1.29, 1.82) is 0 Å². The van der Waals surface area contributed by atoms with Crippen LogP contribution in [0.1, 0.15) is 46.0 Å². The van der Waals surface area contributed by atoms with Crippen LogP contribution in [-0.2, 0) is 0 Å². The van der Waals surface area contributed by atoms with E-state index in [9.17, 15) is 0 Å². The number of nitrogens with one attached hydrogen (secondary N) is 1. The van der Waals surface area contributed by atoms with Gasteiger partial charge in [0.15, 0.2) is 0 Å². The topological polar surface area (TPSA) is 24.9 Å². The molecule has 2 aromatic rings. The number of anilines is 1. The van der Waals surface area contributed by atoms with Gasteiger partial charge in [0.25, 0.3) is 0 Å². The van der Waals surface area contributed by atoms with Gasteiger partial charge in [-0.2, -0.15) is 0 Å². The van der Waals surface area contributed by atoms with Gasteiger partial charge >= 0.3 is 0 Å². The zero-order valence-electron chi connectivity index (χ0n) is 12.0. The first-order valence-electron chi connectivity index (χ1n) is 7.41. The summed E-state index contributed by atoms with van der Waals surface area (Å²) in [5.74, 6) is 0. The predicted molar refractivity (Wildman–Crippen MR) is 83.6 cm³/mol. The maximum Gasteiger partial charge on any atom is 0.0722 e. The van der Waals surface area contributed by atoms with Crippen LogP contribution >= 0.6 is 0 Å². The van der Waals surface area contributed by atoms with Crippen molar-refractivity contribution in [3.63, 3.8) is 0 Å². The molecule has 0 bridgehead atoms. The van der Waals surface area contributed by atoms with Crippen molar-refractivity contribution in [1.82, 2.24) is 4.98 Å². The summed E-state index contributed by atoms with van der Waals surface area (Å²) < 4.78 is 0. The van der Waals surface area contributed by atoms with E-state index in [-0.39, 0.29) is 0 Å². The van der Waals surface area contributed by atoms with Crippen LogP contribution in [0, 0.1) is 0 Å². The van der Waals surface area contributed by atoms with Gasteiger partial charge in [0, 0.05) is 23.3 Å². The minimum atomic E-state index is 0.516. The van der Waals surface area contributed by atoms with Crippen LogP contribution in [0.3, 0.4) is 0 Å². The molecule has 0 amide bonds. The van der Waals surface area contributed by atoms with E-state index in [2.05, 4.69) is 48.4 Å². The molecule has 1 aromatic carbocycles. The highest BCUT2D eigenvalue weighted by atomic mass is 14.9.